The molecule has 4 heterocycles. The minimum atomic E-state index is -4.66. The van der Waals surface area contributed by atoms with Gasteiger partial charge in [-0.15, -0.1) is 0 Å². The summed E-state index contributed by atoms with van der Waals surface area (Å²) < 4.78 is 39.3. The quantitative estimate of drug-likeness (QED) is 0.555. The molecule has 0 bridgehead atoms. The van der Waals surface area contributed by atoms with E-state index in [-0.39, 0.29) is 27.1 Å². The monoisotopic (exact) mass is 528 g/mol. The van der Waals surface area contributed by atoms with Crippen molar-refractivity contribution >= 4 is 52.5 Å². The van der Waals surface area contributed by atoms with Crippen LogP contribution < -0.4 is 10.6 Å². The SMILES string of the molecule is O=C(Nc1cc(C(F)(F)F)ccn1)C1C2CCCN2C2(C(=O)Nc3c(Cl)cc(Cl)cc32)C1C(=O)O. The van der Waals surface area contributed by atoms with Crippen LogP contribution in [0.4, 0.5) is 24.7 Å². The Hall–Kier alpha value is -2.89. The fourth-order valence-corrected chi connectivity index (χ4v) is 6.27. The number of fused-ring (bicyclic) bond motifs is 4. The lowest BCUT2D eigenvalue weighted by atomic mass is 9.74. The minimum Gasteiger partial charge on any atom is -0.481 e. The maximum Gasteiger partial charge on any atom is 0.416 e. The molecule has 0 saturated carbocycles. The van der Waals surface area contributed by atoms with Gasteiger partial charge in [0.15, 0.2) is 0 Å². The molecule has 0 radical (unpaired) electrons. The second-order valence-electron chi connectivity index (χ2n) is 8.69. The molecule has 2 aromatic rings. The van der Waals surface area contributed by atoms with Gasteiger partial charge in [0.25, 0.3) is 5.91 Å². The van der Waals surface area contributed by atoms with Crippen LogP contribution in [-0.2, 0) is 26.1 Å². The number of amides is 2. The third kappa shape index (κ3) is 3.47. The average Bonchev–Trinajstić information content (AvgIpc) is 3.42. The van der Waals surface area contributed by atoms with Crippen LogP contribution in [0, 0.1) is 11.8 Å². The average molecular weight is 529 g/mol. The molecule has 3 N–H and O–H groups in total. The number of carbonyl (C=O) groups excluding carboxylic acids is 2. The first kappa shape index (κ1) is 23.8. The van der Waals surface area contributed by atoms with Crippen LogP contribution >= 0.6 is 23.2 Å². The van der Waals surface area contributed by atoms with Crippen LogP contribution in [-0.4, -0.2) is 45.4 Å². The van der Waals surface area contributed by atoms with E-state index in [0.717, 1.165) is 12.3 Å². The molecule has 1 spiro atoms. The van der Waals surface area contributed by atoms with Crippen LogP contribution in [0.5, 0.6) is 0 Å². The number of alkyl halides is 3. The molecule has 35 heavy (non-hydrogen) atoms. The number of aromatic nitrogens is 1. The molecule has 3 aliphatic rings. The lowest BCUT2D eigenvalue weighted by Crippen LogP contribution is -2.53. The van der Waals surface area contributed by atoms with Crippen LogP contribution in [0.1, 0.15) is 24.0 Å². The lowest BCUT2D eigenvalue weighted by molar-refractivity contribution is -0.152. The second kappa shape index (κ2) is 8.07. The number of carboxylic acid groups (broad SMARTS) is 1. The van der Waals surface area contributed by atoms with Crippen molar-refractivity contribution in [3.05, 3.63) is 51.6 Å². The number of halogens is 5. The highest BCUT2D eigenvalue weighted by Crippen LogP contribution is 2.59. The van der Waals surface area contributed by atoms with Crippen molar-refractivity contribution in [1.82, 2.24) is 9.88 Å². The number of hydrogen-bond donors (Lipinski definition) is 3. The van der Waals surface area contributed by atoms with Gasteiger partial charge in [-0.3, -0.25) is 19.3 Å². The van der Waals surface area contributed by atoms with E-state index in [1.165, 1.54) is 12.1 Å². The summed E-state index contributed by atoms with van der Waals surface area (Å²) in [4.78, 5) is 45.0. The molecule has 184 valence electrons. The highest BCUT2D eigenvalue weighted by molar-refractivity contribution is 6.38. The van der Waals surface area contributed by atoms with Crippen LogP contribution in [0.2, 0.25) is 10.0 Å². The molecule has 1 aromatic heterocycles. The minimum absolute atomic E-state index is 0.124. The zero-order chi connectivity index (χ0) is 25.3. The summed E-state index contributed by atoms with van der Waals surface area (Å²) in [5, 5.41) is 15.6. The number of benzene rings is 1. The highest BCUT2D eigenvalue weighted by Gasteiger charge is 2.71. The second-order valence-corrected chi connectivity index (χ2v) is 9.54. The molecular formula is C22H17Cl2F3N4O4. The van der Waals surface area contributed by atoms with E-state index < -0.39 is 52.9 Å². The zero-order valence-corrected chi connectivity index (χ0v) is 19.2. The van der Waals surface area contributed by atoms with E-state index >= 15 is 0 Å². The van der Waals surface area contributed by atoms with E-state index in [9.17, 15) is 32.7 Å². The van der Waals surface area contributed by atoms with Crippen molar-refractivity contribution in [2.75, 3.05) is 17.2 Å². The first-order valence-electron chi connectivity index (χ1n) is 10.6. The molecule has 4 unspecified atom stereocenters. The fraction of sp³-hybridized carbons (Fsp3) is 0.364. The first-order valence-corrected chi connectivity index (χ1v) is 11.4. The number of carbonyl (C=O) groups is 3. The maximum absolute atomic E-state index is 13.5. The van der Waals surface area contributed by atoms with Crippen molar-refractivity contribution in [2.24, 2.45) is 11.8 Å². The number of nitrogens with zero attached hydrogens (tertiary/aromatic N) is 2. The van der Waals surface area contributed by atoms with Crippen molar-refractivity contribution < 1.29 is 32.7 Å². The van der Waals surface area contributed by atoms with Gasteiger partial charge in [0.1, 0.15) is 17.3 Å². The molecule has 2 amide bonds. The van der Waals surface area contributed by atoms with Crippen molar-refractivity contribution in [3.8, 4) is 0 Å². The van der Waals surface area contributed by atoms with Gasteiger partial charge < -0.3 is 15.7 Å². The Bertz CT molecular complexity index is 1270. The molecule has 1 aromatic carbocycles. The standard InChI is InChI=1S/C22H17Cl2F3N4O4/c23-10-7-11-17(12(24)8-10)30-20(35)21(11)16(19(33)34)15(13-2-1-5-31(13)21)18(32)29-14-6-9(3-4-28-14)22(25,26)27/h3-4,6-8,13,15-16H,1-2,5H2,(H,30,35)(H,33,34)(H,28,29,32). The first-order chi connectivity index (χ1) is 16.5. The summed E-state index contributed by atoms with van der Waals surface area (Å²) in [6, 6.07) is 3.64. The van der Waals surface area contributed by atoms with Gasteiger partial charge in [0.05, 0.1) is 22.2 Å². The number of pyridine rings is 1. The van der Waals surface area contributed by atoms with Crippen LogP contribution in [0.25, 0.3) is 0 Å². The topological polar surface area (TPSA) is 112 Å². The number of aliphatic carboxylic acids is 1. The Morgan fingerprint density at radius 1 is 1.26 bits per heavy atom. The smallest absolute Gasteiger partial charge is 0.416 e. The largest absolute Gasteiger partial charge is 0.481 e. The number of anilines is 2. The molecular weight excluding hydrogens is 512 g/mol. The fourth-order valence-electron chi connectivity index (χ4n) is 5.73. The summed E-state index contributed by atoms with van der Waals surface area (Å²) in [5.74, 6) is -6.09. The Kier molecular flexibility index (Phi) is 5.50. The van der Waals surface area contributed by atoms with Crippen molar-refractivity contribution in [2.45, 2.75) is 30.6 Å². The van der Waals surface area contributed by atoms with E-state index in [4.69, 9.17) is 23.2 Å². The van der Waals surface area contributed by atoms with E-state index in [1.54, 1.807) is 4.90 Å². The van der Waals surface area contributed by atoms with Gasteiger partial charge in [-0.25, -0.2) is 4.98 Å². The Morgan fingerprint density at radius 3 is 2.69 bits per heavy atom. The Labute approximate surface area is 206 Å². The summed E-state index contributed by atoms with van der Waals surface area (Å²) >= 11 is 12.5. The molecule has 5 rings (SSSR count). The maximum atomic E-state index is 13.5. The zero-order valence-electron chi connectivity index (χ0n) is 17.7. The summed E-state index contributed by atoms with van der Waals surface area (Å²) in [5.41, 5.74) is -2.30. The van der Waals surface area contributed by atoms with E-state index in [2.05, 4.69) is 15.6 Å². The third-order valence-electron chi connectivity index (χ3n) is 6.93. The summed E-state index contributed by atoms with van der Waals surface area (Å²) in [6.07, 6.45) is -2.76. The number of nitrogens with one attached hydrogen (secondary N) is 2. The Balaban J connectivity index is 1.60. The molecule has 3 aliphatic heterocycles. The van der Waals surface area contributed by atoms with Gasteiger partial charge in [-0.05, 0) is 43.7 Å². The lowest BCUT2D eigenvalue weighted by Gasteiger charge is -2.35. The predicted molar refractivity (Wildman–Crippen MR) is 119 cm³/mol. The van der Waals surface area contributed by atoms with Gasteiger partial charge in [0, 0.05) is 22.8 Å². The molecule has 0 aliphatic carbocycles. The van der Waals surface area contributed by atoms with Crippen LogP contribution in [0.3, 0.4) is 0 Å². The van der Waals surface area contributed by atoms with Gasteiger partial charge in [0.2, 0.25) is 5.91 Å². The van der Waals surface area contributed by atoms with Crippen molar-refractivity contribution in [3.63, 3.8) is 0 Å². The van der Waals surface area contributed by atoms with Gasteiger partial charge in [-0.1, -0.05) is 23.2 Å². The highest BCUT2D eigenvalue weighted by atomic mass is 35.5. The van der Waals surface area contributed by atoms with Crippen molar-refractivity contribution in [1.29, 1.82) is 0 Å². The van der Waals surface area contributed by atoms with Gasteiger partial charge >= 0.3 is 12.1 Å². The molecule has 2 saturated heterocycles. The number of rotatable bonds is 3. The summed E-state index contributed by atoms with van der Waals surface area (Å²) in [6.45, 7) is 0.330. The Morgan fingerprint density at radius 2 is 2.00 bits per heavy atom. The number of carboxylic acids is 1. The molecule has 4 atom stereocenters. The number of hydrogen-bond acceptors (Lipinski definition) is 5. The molecule has 13 heteroatoms. The van der Waals surface area contributed by atoms with E-state index in [1.807, 2.05) is 0 Å². The van der Waals surface area contributed by atoms with Crippen LogP contribution in [0.15, 0.2) is 30.5 Å². The third-order valence-corrected chi connectivity index (χ3v) is 7.45. The summed E-state index contributed by atoms with van der Waals surface area (Å²) in [7, 11) is 0. The molecule has 2 fully saturated rings. The van der Waals surface area contributed by atoms with Gasteiger partial charge in [-0.2, -0.15) is 13.2 Å². The van der Waals surface area contributed by atoms with E-state index in [0.29, 0.717) is 25.5 Å². The predicted octanol–water partition coefficient (Wildman–Crippen LogP) is 3.99. The normalized spacial score (nSPS) is 27.6. The molecule has 8 nitrogen and oxygen atoms in total.